The summed E-state index contributed by atoms with van der Waals surface area (Å²) in [6, 6.07) is 12.7. The standard InChI is InChI=1S/C32H36FN9/c1-20-3-12-27-25(29(20)33)17-35-32(39-27)38-22-6-4-21(5-7-22)26-18-42(31-28(26)30(34)36-19-37-31)24-10-8-23(9-11-24)41-15-13-40(2)14-16-41/h3-7,12,17-19,23-24H,8-11,13-16H2,1-2H3,(H2,34,36,37)(H,35,38,39). The van der Waals surface area contributed by atoms with E-state index in [4.69, 9.17) is 10.7 Å². The SMILES string of the molecule is Cc1ccc2nc(Nc3ccc(-c4cn(C5CCC(N6CCN(C)CC6)CC5)c5ncnc(N)c45)cc3)ncc2c1F. The average molecular weight is 566 g/mol. The van der Waals surface area contributed by atoms with Crippen molar-refractivity contribution in [3.05, 3.63) is 66.5 Å². The van der Waals surface area contributed by atoms with E-state index in [0.717, 1.165) is 53.8 Å². The molecular formula is C32H36FN9. The van der Waals surface area contributed by atoms with Gasteiger partial charge < -0.3 is 20.5 Å². The third-order valence-electron chi connectivity index (χ3n) is 9.10. The molecule has 1 aliphatic carbocycles. The predicted octanol–water partition coefficient (Wildman–Crippen LogP) is 5.55. The van der Waals surface area contributed by atoms with E-state index in [0.29, 0.717) is 40.3 Å². The normalized spacial score (nSPS) is 20.4. The lowest BCUT2D eigenvalue weighted by Crippen LogP contribution is -2.49. The lowest BCUT2D eigenvalue weighted by Gasteiger charge is -2.41. The maximum atomic E-state index is 14.4. The number of halogens is 1. The van der Waals surface area contributed by atoms with Crippen LogP contribution in [0.4, 0.5) is 21.8 Å². The molecule has 1 saturated carbocycles. The van der Waals surface area contributed by atoms with Crippen molar-refractivity contribution in [3.63, 3.8) is 0 Å². The van der Waals surface area contributed by atoms with Gasteiger partial charge in [-0.2, -0.15) is 0 Å². The van der Waals surface area contributed by atoms with E-state index in [1.54, 1.807) is 19.3 Å². The smallest absolute Gasteiger partial charge is 0.227 e. The van der Waals surface area contributed by atoms with Gasteiger partial charge in [0.25, 0.3) is 0 Å². The van der Waals surface area contributed by atoms with Gasteiger partial charge in [-0.15, -0.1) is 0 Å². The third-order valence-corrected chi connectivity index (χ3v) is 9.10. The molecule has 42 heavy (non-hydrogen) atoms. The summed E-state index contributed by atoms with van der Waals surface area (Å²) in [5.74, 6) is 0.628. The molecule has 0 unspecified atom stereocenters. The molecule has 1 aliphatic heterocycles. The number of anilines is 3. The van der Waals surface area contributed by atoms with Crippen molar-refractivity contribution in [1.29, 1.82) is 0 Å². The zero-order valence-corrected chi connectivity index (χ0v) is 24.1. The minimum Gasteiger partial charge on any atom is -0.383 e. The Morgan fingerprint density at radius 2 is 1.64 bits per heavy atom. The highest BCUT2D eigenvalue weighted by Crippen LogP contribution is 2.39. The molecule has 2 aliphatic rings. The summed E-state index contributed by atoms with van der Waals surface area (Å²) in [5.41, 5.74) is 11.4. The topological polar surface area (TPSA) is 101 Å². The van der Waals surface area contributed by atoms with Gasteiger partial charge in [0.1, 0.15) is 23.6 Å². The Balaban J connectivity index is 1.12. The Bertz CT molecular complexity index is 1730. The van der Waals surface area contributed by atoms with Crippen LogP contribution in [0.15, 0.2) is 55.1 Å². The molecule has 3 N–H and O–H groups in total. The molecule has 7 rings (SSSR count). The number of likely N-dealkylation sites (N-methyl/N-ethyl adjacent to an activating group) is 1. The van der Waals surface area contributed by atoms with Crippen LogP contribution < -0.4 is 11.1 Å². The largest absolute Gasteiger partial charge is 0.383 e. The van der Waals surface area contributed by atoms with Crippen LogP contribution in [0.1, 0.15) is 37.3 Å². The van der Waals surface area contributed by atoms with Gasteiger partial charge in [-0.05, 0) is 69.0 Å². The third kappa shape index (κ3) is 4.94. The fraction of sp³-hybridized carbons (Fsp3) is 0.375. The first-order chi connectivity index (χ1) is 20.4. The van der Waals surface area contributed by atoms with Gasteiger partial charge >= 0.3 is 0 Å². The number of fused-ring (bicyclic) bond motifs is 2. The number of rotatable bonds is 5. The number of nitrogens with two attached hydrogens (primary N) is 1. The Hall–Kier alpha value is -4.15. The number of benzene rings is 2. The first-order valence-electron chi connectivity index (χ1n) is 14.8. The number of nitrogens with zero attached hydrogens (tertiary/aromatic N) is 7. The van der Waals surface area contributed by atoms with Crippen LogP contribution in [-0.2, 0) is 0 Å². The summed E-state index contributed by atoms with van der Waals surface area (Å²) in [6.07, 6.45) is 9.96. The van der Waals surface area contributed by atoms with Gasteiger partial charge in [0, 0.05) is 61.9 Å². The second-order valence-corrected chi connectivity index (χ2v) is 11.7. The second kappa shape index (κ2) is 10.9. The molecule has 0 amide bonds. The fourth-order valence-corrected chi connectivity index (χ4v) is 6.60. The van der Waals surface area contributed by atoms with Gasteiger partial charge in [-0.25, -0.2) is 24.3 Å². The number of aryl methyl sites for hydroxylation is 1. The van der Waals surface area contributed by atoms with Crippen molar-refractivity contribution >= 4 is 39.4 Å². The molecule has 216 valence electrons. The zero-order valence-electron chi connectivity index (χ0n) is 24.1. The molecule has 9 nitrogen and oxygen atoms in total. The van der Waals surface area contributed by atoms with E-state index in [-0.39, 0.29) is 5.82 Å². The van der Waals surface area contributed by atoms with Crippen LogP contribution in [0.5, 0.6) is 0 Å². The highest BCUT2D eigenvalue weighted by Gasteiger charge is 2.30. The molecule has 5 aromatic rings. The van der Waals surface area contributed by atoms with Crippen molar-refractivity contribution in [3.8, 4) is 11.1 Å². The lowest BCUT2D eigenvalue weighted by atomic mass is 9.89. The van der Waals surface area contributed by atoms with E-state index < -0.39 is 0 Å². The first-order valence-corrected chi connectivity index (χ1v) is 14.8. The number of nitrogens with one attached hydrogen (secondary N) is 1. The quantitative estimate of drug-likeness (QED) is 0.286. The molecule has 10 heteroatoms. The monoisotopic (exact) mass is 565 g/mol. The number of piperazine rings is 1. The number of hydrogen-bond donors (Lipinski definition) is 2. The average Bonchev–Trinajstić information content (AvgIpc) is 3.41. The van der Waals surface area contributed by atoms with Gasteiger partial charge in [-0.1, -0.05) is 18.2 Å². The molecule has 1 saturated heterocycles. The molecular weight excluding hydrogens is 529 g/mol. The van der Waals surface area contributed by atoms with E-state index in [2.05, 4.69) is 60.0 Å². The first kappa shape index (κ1) is 26.7. The van der Waals surface area contributed by atoms with Crippen LogP contribution in [0.2, 0.25) is 0 Å². The Kier molecular flexibility index (Phi) is 6.95. The lowest BCUT2D eigenvalue weighted by molar-refractivity contribution is 0.0828. The van der Waals surface area contributed by atoms with Crippen LogP contribution >= 0.6 is 0 Å². The maximum absolute atomic E-state index is 14.4. The molecule has 2 fully saturated rings. The summed E-state index contributed by atoms with van der Waals surface area (Å²) in [5, 5.41) is 4.56. The second-order valence-electron chi connectivity index (χ2n) is 11.7. The molecule has 0 radical (unpaired) electrons. The van der Waals surface area contributed by atoms with Crippen LogP contribution in [0.25, 0.3) is 33.1 Å². The van der Waals surface area contributed by atoms with Gasteiger partial charge in [-0.3, -0.25) is 4.90 Å². The van der Waals surface area contributed by atoms with Crippen molar-refractivity contribution in [2.24, 2.45) is 0 Å². The van der Waals surface area contributed by atoms with Crippen LogP contribution in [0.3, 0.4) is 0 Å². The summed E-state index contributed by atoms with van der Waals surface area (Å²) in [6.45, 7) is 6.39. The molecule has 4 heterocycles. The molecule has 0 spiro atoms. The Morgan fingerprint density at radius 3 is 2.40 bits per heavy atom. The summed E-state index contributed by atoms with van der Waals surface area (Å²) < 4.78 is 16.7. The van der Waals surface area contributed by atoms with Crippen molar-refractivity contribution in [2.75, 3.05) is 44.3 Å². The minimum absolute atomic E-state index is 0.283. The van der Waals surface area contributed by atoms with Crippen molar-refractivity contribution in [2.45, 2.75) is 44.7 Å². The molecule has 2 aromatic carbocycles. The van der Waals surface area contributed by atoms with E-state index >= 15 is 0 Å². The van der Waals surface area contributed by atoms with E-state index in [1.165, 1.54) is 32.1 Å². The predicted molar refractivity (Wildman–Crippen MR) is 165 cm³/mol. The van der Waals surface area contributed by atoms with Crippen LogP contribution in [-0.4, -0.2) is 73.6 Å². The van der Waals surface area contributed by atoms with E-state index in [9.17, 15) is 4.39 Å². The van der Waals surface area contributed by atoms with Gasteiger partial charge in [0.2, 0.25) is 5.95 Å². The zero-order chi connectivity index (χ0) is 28.8. The highest BCUT2D eigenvalue weighted by molar-refractivity contribution is 6.00. The maximum Gasteiger partial charge on any atom is 0.227 e. The van der Waals surface area contributed by atoms with Crippen molar-refractivity contribution < 1.29 is 4.39 Å². The van der Waals surface area contributed by atoms with Gasteiger partial charge in [0.05, 0.1) is 16.3 Å². The summed E-state index contributed by atoms with van der Waals surface area (Å²) >= 11 is 0. The van der Waals surface area contributed by atoms with Crippen LogP contribution in [0, 0.1) is 12.7 Å². The van der Waals surface area contributed by atoms with Gasteiger partial charge in [0.15, 0.2) is 0 Å². The highest BCUT2D eigenvalue weighted by atomic mass is 19.1. The summed E-state index contributed by atoms with van der Waals surface area (Å²) in [7, 11) is 2.21. The number of aromatic nitrogens is 5. The van der Waals surface area contributed by atoms with E-state index in [1.807, 2.05) is 18.2 Å². The fourth-order valence-electron chi connectivity index (χ4n) is 6.60. The Labute approximate surface area is 244 Å². The number of hydrogen-bond acceptors (Lipinski definition) is 8. The number of nitrogen functional groups attached to an aromatic ring is 1. The minimum atomic E-state index is -0.283. The molecule has 3 aromatic heterocycles. The summed E-state index contributed by atoms with van der Waals surface area (Å²) in [4.78, 5) is 22.9. The Morgan fingerprint density at radius 1 is 0.905 bits per heavy atom. The molecule has 0 atom stereocenters. The molecule has 0 bridgehead atoms. The van der Waals surface area contributed by atoms with Crippen molar-refractivity contribution in [1.82, 2.24) is 34.3 Å².